The van der Waals surface area contributed by atoms with Gasteiger partial charge in [-0.05, 0) is 23.6 Å². The van der Waals surface area contributed by atoms with E-state index in [-0.39, 0.29) is 35.2 Å². The van der Waals surface area contributed by atoms with Crippen molar-refractivity contribution in [1.82, 2.24) is 14.9 Å². The first-order chi connectivity index (χ1) is 10.4. The highest BCUT2D eigenvalue weighted by molar-refractivity contribution is 5.96. The summed E-state index contributed by atoms with van der Waals surface area (Å²) in [6.45, 7) is 4.00. The maximum Gasteiger partial charge on any atom is 0.276 e. The minimum absolute atomic E-state index is 0.0981. The zero-order valence-corrected chi connectivity index (χ0v) is 12.8. The highest BCUT2D eigenvalue weighted by Crippen LogP contribution is 2.29. The van der Waals surface area contributed by atoms with Crippen molar-refractivity contribution < 1.29 is 9.18 Å². The second-order valence-corrected chi connectivity index (χ2v) is 5.45. The lowest BCUT2D eigenvalue weighted by Crippen LogP contribution is -2.35. The van der Waals surface area contributed by atoms with Crippen LogP contribution in [-0.2, 0) is 0 Å². The number of nitrogen functional groups attached to an aromatic ring is 1. The van der Waals surface area contributed by atoms with E-state index in [1.54, 1.807) is 24.1 Å². The van der Waals surface area contributed by atoms with Crippen LogP contribution in [0.25, 0.3) is 0 Å². The average Bonchev–Trinajstić information content (AvgIpc) is 2.49. The molecule has 5 nitrogen and oxygen atoms in total. The number of carbonyl (C=O) groups is 1. The van der Waals surface area contributed by atoms with E-state index in [9.17, 15) is 9.18 Å². The van der Waals surface area contributed by atoms with Crippen LogP contribution in [-0.4, -0.2) is 27.8 Å². The fourth-order valence-electron chi connectivity index (χ4n) is 2.52. The lowest BCUT2D eigenvalue weighted by atomic mass is 9.94. The number of hydrogen-bond donors (Lipinski definition) is 1. The predicted molar refractivity (Wildman–Crippen MR) is 82.5 cm³/mol. The molecular weight excluding hydrogens is 283 g/mol. The van der Waals surface area contributed by atoms with Gasteiger partial charge in [0.25, 0.3) is 5.91 Å². The molecule has 2 N–H and O–H groups in total. The first kappa shape index (κ1) is 15.9. The number of benzene rings is 1. The third kappa shape index (κ3) is 3.21. The van der Waals surface area contributed by atoms with E-state index < -0.39 is 0 Å². The van der Waals surface area contributed by atoms with Gasteiger partial charge in [-0.1, -0.05) is 26.0 Å². The molecule has 116 valence electrons. The maximum atomic E-state index is 13.1. The first-order valence-corrected chi connectivity index (χ1v) is 7.01. The van der Waals surface area contributed by atoms with Crippen molar-refractivity contribution in [3.63, 3.8) is 0 Å². The summed E-state index contributed by atoms with van der Waals surface area (Å²) < 4.78 is 13.1. The van der Waals surface area contributed by atoms with Crippen LogP contribution in [0.5, 0.6) is 0 Å². The normalized spacial score (nSPS) is 12.2. The van der Waals surface area contributed by atoms with E-state index in [1.807, 2.05) is 13.8 Å². The molecule has 0 aliphatic rings. The van der Waals surface area contributed by atoms with Crippen molar-refractivity contribution in [2.45, 2.75) is 19.9 Å². The zero-order valence-electron chi connectivity index (χ0n) is 12.8. The van der Waals surface area contributed by atoms with Gasteiger partial charge in [0.1, 0.15) is 5.82 Å². The second-order valence-electron chi connectivity index (χ2n) is 5.45. The summed E-state index contributed by atoms with van der Waals surface area (Å²) in [6, 6.07) is 5.93. The number of hydrogen-bond acceptors (Lipinski definition) is 4. The SMILES string of the molecule is CC(C)[C@H](c1ccc(F)cc1)N(C)C(=O)c1nccnc1N. The molecule has 2 aromatic rings. The van der Waals surface area contributed by atoms with Gasteiger partial charge in [-0.2, -0.15) is 0 Å². The van der Waals surface area contributed by atoms with Gasteiger partial charge in [0, 0.05) is 19.4 Å². The van der Waals surface area contributed by atoms with Crippen LogP contribution in [0.1, 0.15) is 35.9 Å². The van der Waals surface area contributed by atoms with Crippen molar-refractivity contribution in [3.05, 3.63) is 53.7 Å². The Hall–Kier alpha value is -2.50. The van der Waals surface area contributed by atoms with E-state index >= 15 is 0 Å². The van der Waals surface area contributed by atoms with Gasteiger partial charge in [0.05, 0.1) is 6.04 Å². The lowest BCUT2D eigenvalue weighted by molar-refractivity contribution is 0.0682. The fraction of sp³-hybridized carbons (Fsp3) is 0.312. The van der Waals surface area contributed by atoms with Crippen LogP contribution < -0.4 is 5.73 Å². The minimum atomic E-state index is -0.311. The molecule has 0 aliphatic carbocycles. The van der Waals surface area contributed by atoms with Crippen molar-refractivity contribution in [2.24, 2.45) is 5.92 Å². The zero-order chi connectivity index (χ0) is 16.3. The predicted octanol–water partition coefficient (Wildman–Crippen LogP) is 2.67. The maximum absolute atomic E-state index is 13.1. The first-order valence-electron chi connectivity index (χ1n) is 7.01. The van der Waals surface area contributed by atoms with Gasteiger partial charge >= 0.3 is 0 Å². The molecule has 6 heteroatoms. The topological polar surface area (TPSA) is 72.1 Å². The molecule has 0 unspecified atom stereocenters. The number of nitrogens with zero attached hydrogens (tertiary/aromatic N) is 3. The molecule has 2 rings (SSSR count). The summed E-state index contributed by atoms with van der Waals surface area (Å²) in [5.41, 5.74) is 6.70. The summed E-state index contributed by atoms with van der Waals surface area (Å²) in [6.07, 6.45) is 2.87. The number of halogens is 1. The highest BCUT2D eigenvalue weighted by Gasteiger charge is 2.27. The molecule has 0 aliphatic heterocycles. The molecule has 1 aromatic heterocycles. The van der Waals surface area contributed by atoms with Gasteiger partial charge in [-0.25, -0.2) is 14.4 Å². The Kier molecular flexibility index (Phi) is 4.70. The van der Waals surface area contributed by atoms with Crippen LogP contribution in [0.4, 0.5) is 10.2 Å². The molecule has 1 aromatic carbocycles. The summed E-state index contributed by atoms with van der Waals surface area (Å²) in [7, 11) is 1.68. The summed E-state index contributed by atoms with van der Waals surface area (Å²) in [5.74, 6) is -0.384. The van der Waals surface area contributed by atoms with Crippen LogP contribution in [0, 0.1) is 11.7 Å². The van der Waals surface area contributed by atoms with Gasteiger partial charge in [-0.3, -0.25) is 4.79 Å². The highest BCUT2D eigenvalue weighted by atomic mass is 19.1. The lowest BCUT2D eigenvalue weighted by Gasteiger charge is -2.31. The molecule has 1 heterocycles. The Morgan fingerprint density at radius 1 is 1.18 bits per heavy atom. The number of amides is 1. The standard InChI is InChI=1S/C16H19FN4O/c1-10(2)14(11-4-6-12(17)7-5-11)21(3)16(22)13-15(18)20-9-8-19-13/h4-10,14H,1-3H3,(H2,18,20)/t14-/m1/s1. The van der Waals surface area contributed by atoms with E-state index in [2.05, 4.69) is 9.97 Å². The number of rotatable bonds is 4. The van der Waals surface area contributed by atoms with Crippen molar-refractivity contribution in [2.75, 3.05) is 12.8 Å². The summed E-state index contributed by atoms with van der Waals surface area (Å²) in [5, 5.41) is 0. The Morgan fingerprint density at radius 2 is 1.77 bits per heavy atom. The number of carbonyl (C=O) groups excluding carboxylic acids is 1. The minimum Gasteiger partial charge on any atom is -0.382 e. The molecule has 22 heavy (non-hydrogen) atoms. The van der Waals surface area contributed by atoms with Gasteiger partial charge in [0.2, 0.25) is 0 Å². The molecule has 0 fully saturated rings. The number of aromatic nitrogens is 2. The molecule has 1 amide bonds. The van der Waals surface area contributed by atoms with E-state index in [0.717, 1.165) is 5.56 Å². The third-order valence-corrected chi connectivity index (χ3v) is 3.51. The Labute approximate surface area is 129 Å². The molecular formula is C16H19FN4O. The molecule has 0 saturated carbocycles. The van der Waals surface area contributed by atoms with Crippen molar-refractivity contribution in [3.8, 4) is 0 Å². The quantitative estimate of drug-likeness (QED) is 0.942. The van der Waals surface area contributed by atoms with Gasteiger partial charge in [-0.15, -0.1) is 0 Å². The Balaban J connectivity index is 2.34. The smallest absolute Gasteiger partial charge is 0.276 e. The largest absolute Gasteiger partial charge is 0.382 e. The Bertz CT molecular complexity index is 657. The monoisotopic (exact) mass is 302 g/mol. The van der Waals surface area contributed by atoms with Crippen molar-refractivity contribution >= 4 is 11.7 Å². The summed E-state index contributed by atoms with van der Waals surface area (Å²) in [4.78, 5) is 22.1. The van der Waals surface area contributed by atoms with Gasteiger partial charge < -0.3 is 10.6 Å². The second kappa shape index (κ2) is 6.51. The van der Waals surface area contributed by atoms with E-state index in [4.69, 9.17) is 5.73 Å². The molecule has 1 atom stereocenters. The summed E-state index contributed by atoms with van der Waals surface area (Å²) >= 11 is 0. The average molecular weight is 302 g/mol. The van der Waals surface area contributed by atoms with Crippen LogP contribution in [0.15, 0.2) is 36.7 Å². The molecule has 0 radical (unpaired) electrons. The van der Waals surface area contributed by atoms with Crippen LogP contribution in [0.3, 0.4) is 0 Å². The molecule has 0 saturated heterocycles. The van der Waals surface area contributed by atoms with E-state index in [0.29, 0.717) is 0 Å². The van der Waals surface area contributed by atoms with Gasteiger partial charge in [0.15, 0.2) is 11.5 Å². The fourth-order valence-corrected chi connectivity index (χ4v) is 2.52. The Morgan fingerprint density at radius 3 is 2.32 bits per heavy atom. The van der Waals surface area contributed by atoms with E-state index in [1.165, 1.54) is 24.5 Å². The number of anilines is 1. The molecule has 0 spiro atoms. The van der Waals surface area contributed by atoms with Crippen LogP contribution in [0.2, 0.25) is 0 Å². The molecule has 0 bridgehead atoms. The third-order valence-electron chi connectivity index (χ3n) is 3.51. The van der Waals surface area contributed by atoms with Crippen molar-refractivity contribution in [1.29, 1.82) is 0 Å². The number of nitrogens with two attached hydrogens (primary N) is 1. The van der Waals surface area contributed by atoms with Crippen LogP contribution >= 0.6 is 0 Å².